The molecule has 2 amide bonds. The second-order valence-corrected chi connectivity index (χ2v) is 12.8. The number of anilines is 1. The molecule has 214 valence electrons. The zero-order valence-corrected chi connectivity index (χ0v) is 25.3. The largest absolute Gasteiger partial charge is 0.354 e. The van der Waals surface area contributed by atoms with Crippen molar-refractivity contribution < 1.29 is 18.0 Å². The van der Waals surface area contributed by atoms with E-state index in [-0.39, 0.29) is 24.8 Å². The summed E-state index contributed by atoms with van der Waals surface area (Å²) in [6, 6.07) is 21.1. The van der Waals surface area contributed by atoms with Crippen LogP contribution in [0.3, 0.4) is 0 Å². The fourth-order valence-electron chi connectivity index (χ4n) is 4.44. The topological polar surface area (TPSA) is 86.8 Å². The summed E-state index contributed by atoms with van der Waals surface area (Å²) < 4.78 is 27.0. The Morgan fingerprint density at radius 2 is 1.57 bits per heavy atom. The second-order valence-electron chi connectivity index (χ2n) is 10.5. The minimum Gasteiger partial charge on any atom is -0.354 e. The Kier molecular flexibility index (Phi) is 10.8. The molecular weight excluding hydrogens is 546 g/mol. The maximum atomic E-state index is 14.2. The zero-order valence-electron chi connectivity index (χ0n) is 23.7. The summed E-state index contributed by atoms with van der Waals surface area (Å²) >= 11 is 6.11. The van der Waals surface area contributed by atoms with E-state index in [4.69, 9.17) is 11.6 Å². The normalized spacial score (nSPS) is 12.2. The van der Waals surface area contributed by atoms with Gasteiger partial charge in [-0.25, -0.2) is 8.42 Å². The van der Waals surface area contributed by atoms with Gasteiger partial charge in [-0.1, -0.05) is 80.0 Å². The molecule has 1 N–H and O–H groups in total. The number of amides is 2. The molecule has 7 nitrogen and oxygen atoms in total. The van der Waals surface area contributed by atoms with Crippen LogP contribution in [0, 0.1) is 19.8 Å². The Hall–Kier alpha value is -3.36. The van der Waals surface area contributed by atoms with E-state index in [1.807, 2.05) is 75.4 Å². The Bertz CT molecular complexity index is 1430. The number of carbonyl (C=O) groups excluding carboxylic acids is 2. The molecule has 0 aliphatic carbocycles. The van der Waals surface area contributed by atoms with Crippen molar-refractivity contribution in [2.24, 2.45) is 5.92 Å². The summed E-state index contributed by atoms with van der Waals surface area (Å²) in [6.07, 6.45) is 1.35. The van der Waals surface area contributed by atoms with Gasteiger partial charge in [0.15, 0.2) is 0 Å². The molecule has 9 heteroatoms. The van der Waals surface area contributed by atoms with Gasteiger partial charge in [0, 0.05) is 24.5 Å². The highest BCUT2D eigenvalue weighted by molar-refractivity contribution is 7.92. The highest BCUT2D eigenvalue weighted by Crippen LogP contribution is 2.26. The molecule has 0 fully saturated rings. The Labute approximate surface area is 243 Å². The van der Waals surface area contributed by atoms with Gasteiger partial charge >= 0.3 is 0 Å². The van der Waals surface area contributed by atoms with Gasteiger partial charge in [0.1, 0.15) is 12.6 Å². The summed E-state index contributed by atoms with van der Waals surface area (Å²) in [4.78, 5) is 29.3. The fourth-order valence-corrected chi connectivity index (χ4v) is 5.57. The number of aryl methyl sites for hydroxylation is 2. The maximum absolute atomic E-state index is 14.2. The number of carbonyl (C=O) groups is 2. The summed E-state index contributed by atoms with van der Waals surface area (Å²) in [5.74, 6) is -0.549. The van der Waals surface area contributed by atoms with Gasteiger partial charge in [-0.05, 0) is 60.2 Å². The first-order valence-corrected chi connectivity index (χ1v) is 15.5. The van der Waals surface area contributed by atoms with E-state index in [0.29, 0.717) is 22.8 Å². The highest BCUT2D eigenvalue weighted by atomic mass is 35.5. The molecular formula is C31H38ClN3O4S. The lowest BCUT2D eigenvalue weighted by molar-refractivity contribution is -0.140. The number of nitrogens with one attached hydrogen (secondary N) is 1. The van der Waals surface area contributed by atoms with E-state index in [9.17, 15) is 18.0 Å². The summed E-state index contributed by atoms with van der Waals surface area (Å²) in [7, 11) is -3.85. The van der Waals surface area contributed by atoms with Crippen molar-refractivity contribution in [1.82, 2.24) is 10.2 Å². The summed E-state index contributed by atoms with van der Waals surface area (Å²) in [6.45, 7) is 7.83. The Balaban J connectivity index is 2.08. The van der Waals surface area contributed by atoms with E-state index in [2.05, 4.69) is 5.32 Å². The number of hydrogen-bond acceptors (Lipinski definition) is 4. The first kappa shape index (κ1) is 31.2. The SMILES string of the molecule is Cc1ccccc1CN(C(=O)CN(c1ccc(Cl)cc1C)S(C)(=O)=O)[C@H](Cc1ccccc1)C(=O)NCC(C)C. The molecule has 3 aromatic carbocycles. The predicted octanol–water partition coefficient (Wildman–Crippen LogP) is 5.14. The van der Waals surface area contributed by atoms with E-state index in [1.165, 1.54) is 4.90 Å². The Morgan fingerprint density at radius 3 is 2.17 bits per heavy atom. The van der Waals surface area contributed by atoms with Crippen molar-refractivity contribution in [2.75, 3.05) is 23.7 Å². The first-order chi connectivity index (χ1) is 18.9. The van der Waals surface area contributed by atoms with Gasteiger partial charge in [-0.2, -0.15) is 0 Å². The molecule has 3 aromatic rings. The van der Waals surface area contributed by atoms with Crippen LogP contribution in [0.4, 0.5) is 5.69 Å². The third-order valence-corrected chi connectivity index (χ3v) is 8.03. The monoisotopic (exact) mass is 583 g/mol. The fraction of sp³-hybridized carbons (Fsp3) is 0.355. The third-order valence-electron chi connectivity index (χ3n) is 6.66. The number of sulfonamides is 1. The van der Waals surface area contributed by atoms with Crippen molar-refractivity contribution in [1.29, 1.82) is 0 Å². The molecule has 0 spiro atoms. The van der Waals surface area contributed by atoms with E-state index in [1.54, 1.807) is 25.1 Å². The van der Waals surface area contributed by atoms with Crippen LogP contribution < -0.4 is 9.62 Å². The van der Waals surface area contributed by atoms with Crippen molar-refractivity contribution in [2.45, 2.75) is 46.7 Å². The molecule has 0 aromatic heterocycles. The van der Waals surface area contributed by atoms with Gasteiger partial charge in [0.2, 0.25) is 21.8 Å². The van der Waals surface area contributed by atoms with Crippen LogP contribution in [-0.4, -0.2) is 50.5 Å². The molecule has 0 bridgehead atoms. The molecule has 0 aliphatic heterocycles. The van der Waals surface area contributed by atoms with Crippen molar-refractivity contribution in [3.8, 4) is 0 Å². The summed E-state index contributed by atoms with van der Waals surface area (Å²) in [5.41, 5.74) is 3.71. The molecule has 0 radical (unpaired) electrons. The van der Waals surface area contributed by atoms with Gasteiger partial charge < -0.3 is 10.2 Å². The Morgan fingerprint density at radius 1 is 0.925 bits per heavy atom. The van der Waals surface area contributed by atoms with E-state index >= 15 is 0 Å². The smallest absolute Gasteiger partial charge is 0.244 e. The lowest BCUT2D eigenvalue weighted by Crippen LogP contribution is -2.53. The van der Waals surface area contributed by atoms with Crippen molar-refractivity contribution in [3.05, 3.63) is 100 Å². The molecule has 1 atom stereocenters. The number of benzene rings is 3. The quantitative estimate of drug-likeness (QED) is 0.320. The number of hydrogen-bond donors (Lipinski definition) is 1. The zero-order chi connectivity index (χ0) is 29.4. The lowest BCUT2D eigenvalue weighted by atomic mass is 10.0. The molecule has 3 rings (SSSR count). The van der Waals surface area contributed by atoms with E-state index < -0.39 is 28.5 Å². The van der Waals surface area contributed by atoms with Crippen LogP contribution in [0.15, 0.2) is 72.8 Å². The van der Waals surface area contributed by atoms with E-state index in [0.717, 1.165) is 27.3 Å². The highest BCUT2D eigenvalue weighted by Gasteiger charge is 2.33. The third kappa shape index (κ3) is 8.57. The van der Waals surface area contributed by atoms with Crippen LogP contribution in [0.25, 0.3) is 0 Å². The van der Waals surface area contributed by atoms with Gasteiger partial charge in [-0.3, -0.25) is 13.9 Å². The summed E-state index contributed by atoms with van der Waals surface area (Å²) in [5, 5.41) is 3.45. The molecule has 40 heavy (non-hydrogen) atoms. The lowest BCUT2D eigenvalue weighted by Gasteiger charge is -2.34. The molecule has 0 unspecified atom stereocenters. The van der Waals surface area contributed by atoms with Crippen LogP contribution in [0.2, 0.25) is 5.02 Å². The predicted molar refractivity (Wildman–Crippen MR) is 162 cm³/mol. The van der Waals surface area contributed by atoms with Gasteiger partial charge in [0.25, 0.3) is 0 Å². The molecule has 0 saturated heterocycles. The number of rotatable bonds is 12. The average molecular weight is 584 g/mol. The minimum atomic E-state index is -3.85. The van der Waals surface area contributed by atoms with Gasteiger partial charge in [0.05, 0.1) is 11.9 Å². The van der Waals surface area contributed by atoms with Crippen LogP contribution in [0.5, 0.6) is 0 Å². The van der Waals surface area contributed by atoms with Crippen LogP contribution in [0.1, 0.15) is 36.1 Å². The molecule has 0 heterocycles. The minimum absolute atomic E-state index is 0.148. The average Bonchev–Trinajstić information content (AvgIpc) is 2.89. The van der Waals surface area contributed by atoms with Gasteiger partial charge in [-0.15, -0.1) is 0 Å². The van der Waals surface area contributed by atoms with Crippen LogP contribution >= 0.6 is 11.6 Å². The van der Waals surface area contributed by atoms with Crippen molar-refractivity contribution >= 4 is 39.1 Å². The number of nitrogens with zero attached hydrogens (tertiary/aromatic N) is 2. The first-order valence-electron chi connectivity index (χ1n) is 13.3. The standard InChI is InChI=1S/C31H38ClN3O4S/c1-22(2)19-33-31(37)29(18-25-12-7-6-8-13-25)34(20-26-14-10-9-11-23(26)3)30(36)21-35(40(5,38)39)28-16-15-27(32)17-24(28)4/h6-17,22,29H,18-21H2,1-5H3,(H,33,37)/t29-/m1/s1. The molecule has 0 saturated carbocycles. The van der Waals surface area contributed by atoms with Crippen LogP contribution in [-0.2, 0) is 32.6 Å². The van der Waals surface area contributed by atoms with Crippen molar-refractivity contribution in [3.63, 3.8) is 0 Å². The maximum Gasteiger partial charge on any atom is 0.244 e. The second kappa shape index (κ2) is 13.8. The number of halogens is 1. The molecule has 0 aliphatic rings.